The van der Waals surface area contributed by atoms with Crippen LogP contribution in [-0.4, -0.2) is 29.9 Å². The number of hydrogen-bond acceptors (Lipinski definition) is 5. The molecule has 0 rings (SSSR count). The Morgan fingerprint density at radius 2 is 1.44 bits per heavy atom. The minimum Gasteiger partial charge on any atom is -0.465 e. The zero-order valence-corrected chi connectivity index (χ0v) is 12.1. The van der Waals surface area contributed by atoms with E-state index in [9.17, 15) is 14.7 Å². The average Bonchev–Trinajstić information content (AvgIpc) is 2.14. The first kappa shape index (κ1) is 16.9. The largest absolute Gasteiger partial charge is 0.465 e. The van der Waals surface area contributed by atoms with Gasteiger partial charge in [0.15, 0.2) is 0 Å². The summed E-state index contributed by atoms with van der Waals surface area (Å²) in [7, 11) is 0. The summed E-state index contributed by atoms with van der Waals surface area (Å²) in [6, 6.07) is 0. The highest BCUT2D eigenvalue weighted by Gasteiger charge is 2.26. The van der Waals surface area contributed by atoms with Gasteiger partial charge in [-0.2, -0.15) is 0 Å². The van der Waals surface area contributed by atoms with Crippen molar-refractivity contribution in [3.63, 3.8) is 0 Å². The summed E-state index contributed by atoms with van der Waals surface area (Å²) in [5.41, 5.74) is -1.24. The lowest BCUT2D eigenvalue weighted by Gasteiger charge is -2.21. The van der Waals surface area contributed by atoms with Gasteiger partial charge in [-0.25, -0.2) is 0 Å². The van der Waals surface area contributed by atoms with Crippen LogP contribution >= 0.6 is 0 Å². The Kier molecular flexibility index (Phi) is 5.80. The predicted molar refractivity (Wildman–Crippen MR) is 66.6 cm³/mol. The maximum atomic E-state index is 11.4. The third-order valence-corrected chi connectivity index (χ3v) is 2.07. The molecule has 0 radical (unpaired) electrons. The molecular weight excluding hydrogens is 236 g/mol. The van der Waals surface area contributed by atoms with Crippen molar-refractivity contribution in [1.82, 2.24) is 0 Å². The maximum absolute atomic E-state index is 11.4. The lowest BCUT2D eigenvalue weighted by atomic mass is 9.97. The topological polar surface area (TPSA) is 72.8 Å². The molecule has 5 heteroatoms. The number of aliphatic hydroxyl groups excluding tert-OH is 1. The molecule has 5 nitrogen and oxygen atoms in total. The van der Waals surface area contributed by atoms with Crippen molar-refractivity contribution in [2.24, 2.45) is 10.8 Å². The van der Waals surface area contributed by atoms with E-state index in [1.807, 2.05) is 0 Å². The van der Waals surface area contributed by atoms with Crippen LogP contribution in [0.5, 0.6) is 0 Å². The normalized spacial score (nSPS) is 13.9. The Bertz CT molecular complexity index is 295. The van der Waals surface area contributed by atoms with Crippen LogP contribution < -0.4 is 0 Å². The maximum Gasteiger partial charge on any atom is 0.313 e. The molecule has 0 saturated heterocycles. The van der Waals surface area contributed by atoms with Crippen LogP contribution in [0.3, 0.4) is 0 Å². The smallest absolute Gasteiger partial charge is 0.313 e. The van der Waals surface area contributed by atoms with Gasteiger partial charge in [-0.1, -0.05) is 0 Å². The molecule has 0 fully saturated rings. The zero-order chi connectivity index (χ0) is 14.6. The second-order valence-electron chi connectivity index (χ2n) is 6.28. The first-order chi connectivity index (χ1) is 7.94. The number of esters is 2. The summed E-state index contributed by atoms with van der Waals surface area (Å²) in [5.74, 6) is -0.839. The van der Waals surface area contributed by atoms with Crippen molar-refractivity contribution in [3.8, 4) is 0 Å². The summed E-state index contributed by atoms with van der Waals surface area (Å²) < 4.78 is 9.76. The molecule has 0 aromatic heterocycles. The SMILES string of the molecule is CC(C)(C)C(=O)OCCC(O)OC(=O)C(C)(C)C. The van der Waals surface area contributed by atoms with Gasteiger partial charge in [-0.05, 0) is 41.5 Å². The van der Waals surface area contributed by atoms with Crippen LogP contribution in [0, 0.1) is 10.8 Å². The van der Waals surface area contributed by atoms with E-state index in [2.05, 4.69) is 0 Å². The van der Waals surface area contributed by atoms with Gasteiger partial charge in [-0.3, -0.25) is 9.59 Å². The van der Waals surface area contributed by atoms with E-state index in [0.29, 0.717) is 0 Å². The van der Waals surface area contributed by atoms with E-state index in [1.165, 1.54) is 0 Å². The van der Waals surface area contributed by atoms with Crippen LogP contribution in [0.1, 0.15) is 48.0 Å². The van der Waals surface area contributed by atoms with Crippen molar-refractivity contribution in [2.75, 3.05) is 6.61 Å². The molecule has 106 valence electrons. The number of hydrogen-bond donors (Lipinski definition) is 1. The first-order valence-corrected chi connectivity index (χ1v) is 6.01. The number of carbonyl (C=O) groups is 2. The van der Waals surface area contributed by atoms with Gasteiger partial charge in [0, 0.05) is 6.42 Å². The fraction of sp³-hybridized carbons (Fsp3) is 0.846. The van der Waals surface area contributed by atoms with Gasteiger partial charge in [0.25, 0.3) is 0 Å². The molecule has 0 aromatic carbocycles. The fourth-order valence-corrected chi connectivity index (χ4v) is 0.828. The first-order valence-electron chi connectivity index (χ1n) is 6.01. The van der Waals surface area contributed by atoms with E-state index in [4.69, 9.17) is 9.47 Å². The van der Waals surface area contributed by atoms with E-state index in [1.54, 1.807) is 41.5 Å². The van der Waals surface area contributed by atoms with Crippen molar-refractivity contribution in [2.45, 2.75) is 54.3 Å². The number of rotatable bonds is 4. The molecule has 1 atom stereocenters. The molecule has 0 saturated carbocycles. The molecule has 0 spiro atoms. The van der Waals surface area contributed by atoms with Crippen molar-refractivity contribution in [3.05, 3.63) is 0 Å². The summed E-state index contributed by atoms with van der Waals surface area (Å²) in [6.07, 6.45) is -1.17. The summed E-state index contributed by atoms with van der Waals surface area (Å²) >= 11 is 0. The van der Waals surface area contributed by atoms with E-state index in [-0.39, 0.29) is 19.0 Å². The molecule has 0 aliphatic heterocycles. The van der Waals surface area contributed by atoms with Crippen LogP contribution in [0.15, 0.2) is 0 Å². The van der Waals surface area contributed by atoms with Crippen molar-refractivity contribution < 1.29 is 24.2 Å². The van der Waals surface area contributed by atoms with Crippen LogP contribution in [-0.2, 0) is 19.1 Å². The molecule has 1 N–H and O–H groups in total. The summed E-state index contributed by atoms with van der Waals surface area (Å²) in [5, 5.41) is 9.46. The minimum absolute atomic E-state index is 0.0225. The Balaban J connectivity index is 3.96. The van der Waals surface area contributed by atoms with Gasteiger partial charge >= 0.3 is 11.9 Å². The molecule has 0 aromatic rings. The summed E-state index contributed by atoms with van der Waals surface area (Å²) in [6.45, 7) is 10.3. The second kappa shape index (κ2) is 6.18. The van der Waals surface area contributed by atoms with Crippen LogP contribution in [0.2, 0.25) is 0 Å². The number of carbonyl (C=O) groups excluding carboxylic acids is 2. The molecule has 1 unspecified atom stereocenters. The molecule has 0 heterocycles. The van der Waals surface area contributed by atoms with Crippen LogP contribution in [0.4, 0.5) is 0 Å². The van der Waals surface area contributed by atoms with Gasteiger partial charge in [0.05, 0.1) is 17.4 Å². The fourth-order valence-electron chi connectivity index (χ4n) is 0.828. The number of ether oxygens (including phenoxy) is 2. The van der Waals surface area contributed by atoms with Crippen LogP contribution in [0.25, 0.3) is 0 Å². The highest BCUT2D eigenvalue weighted by molar-refractivity contribution is 5.75. The highest BCUT2D eigenvalue weighted by atomic mass is 16.6. The third-order valence-electron chi connectivity index (χ3n) is 2.07. The standard InChI is InChI=1S/C13H24O5/c1-12(2,3)10(15)17-8-7-9(14)18-11(16)13(4,5)6/h9,14H,7-8H2,1-6H3. The van der Waals surface area contributed by atoms with E-state index < -0.39 is 23.1 Å². The quantitative estimate of drug-likeness (QED) is 0.617. The van der Waals surface area contributed by atoms with Crippen molar-refractivity contribution in [1.29, 1.82) is 0 Å². The minimum atomic E-state index is -1.25. The van der Waals surface area contributed by atoms with Crippen molar-refractivity contribution >= 4 is 11.9 Å². The molecular formula is C13H24O5. The molecule has 0 aliphatic rings. The average molecular weight is 260 g/mol. The Labute approximate surface area is 108 Å². The highest BCUT2D eigenvalue weighted by Crippen LogP contribution is 2.17. The molecule has 18 heavy (non-hydrogen) atoms. The lowest BCUT2D eigenvalue weighted by Crippen LogP contribution is -2.30. The lowest BCUT2D eigenvalue weighted by molar-refractivity contribution is -0.180. The van der Waals surface area contributed by atoms with Gasteiger partial charge in [0.1, 0.15) is 0 Å². The second-order valence-corrected chi connectivity index (χ2v) is 6.28. The Morgan fingerprint density at radius 1 is 1.00 bits per heavy atom. The predicted octanol–water partition coefficient (Wildman–Crippen LogP) is 1.87. The van der Waals surface area contributed by atoms with Gasteiger partial charge < -0.3 is 14.6 Å². The third kappa shape index (κ3) is 6.59. The zero-order valence-electron chi connectivity index (χ0n) is 12.1. The monoisotopic (exact) mass is 260 g/mol. The summed E-state index contributed by atoms with van der Waals surface area (Å²) in [4.78, 5) is 22.9. The van der Waals surface area contributed by atoms with E-state index in [0.717, 1.165) is 0 Å². The Hall–Kier alpha value is -1.10. The van der Waals surface area contributed by atoms with Gasteiger partial charge in [0.2, 0.25) is 6.29 Å². The van der Waals surface area contributed by atoms with E-state index >= 15 is 0 Å². The molecule has 0 bridgehead atoms. The number of aliphatic hydroxyl groups is 1. The molecule has 0 aliphatic carbocycles. The van der Waals surface area contributed by atoms with Gasteiger partial charge in [-0.15, -0.1) is 0 Å². The Morgan fingerprint density at radius 3 is 1.83 bits per heavy atom. The molecule has 0 amide bonds.